The van der Waals surface area contributed by atoms with Crippen molar-refractivity contribution in [2.45, 2.75) is 43.9 Å². The first-order valence-corrected chi connectivity index (χ1v) is 7.75. The molecule has 0 radical (unpaired) electrons. The summed E-state index contributed by atoms with van der Waals surface area (Å²) in [6, 6.07) is 5.45. The largest absolute Gasteiger partial charge is 0.508 e. The second-order valence-corrected chi connectivity index (χ2v) is 7.35. The minimum atomic E-state index is -1.59. The Morgan fingerprint density at radius 1 is 0.950 bits per heavy atom. The van der Waals surface area contributed by atoms with Gasteiger partial charge in [0.25, 0.3) is 0 Å². The third-order valence-corrected chi connectivity index (χ3v) is 5.96. The first-order valence-electron chi connectivity index (χ1n) is 7.75. The average Bonchev–Trinajstić information content (AvgIpc) is 2.37. The van der Waals surface area contributed by atoms with Crippen molar-refractivity contribution in [3.05, 3.63) is 23.8 Å². The standard InChI is InChI=1S/C16H21BO3/c18-15-2-1-13(6-14(15)17(19)20)16-7-10-3-11(8-16)5-12(4-10)9-16/h1-2,6,10-12,18-20H,3-5,7-9H2. The van der Waals surface area contributed by atoms with E-state index in [1.165, 1.54) is 44.1 Å². The molecule has 20 heavy (non-hydrogen) atoms. The Labute approximate surface area is 119 Å². The molecule has 0 unspecified atom stereocenters. The van der Waals surface area contributed by atoms with Gasteiger partial charge in [-0.05, 0) is 73.3 Å². The highest BCUT2D eigenvalue weighted by Gasteiger charge is 2.51. The molecule has 4 aliphatic carbocycles. The third-order valence-electron chi connectivity index (χ3n) is 5.96. The lowest BCUT2D eigenvalue weighted by atomic mass is 9.48. The van der Waals surface area contributed by atoms with Gasteiger partial charge in [-0.15, -0.1) is 0 Å². The van der Waals surface area contributed by atoms with Crippen molar-refractivity contribution >= 4 is 12.6 Å². The minimum absolute atomic E-state index is 0.0199. The van der Waals surface area contributed by atoms with Crippen molar-refractivity contribution in [2.75, 3.05) is 0 Å². The van der Waals surface area contributed by atoms with Crippen LogP contribution in [0.2, 0.25) is 0 Å². The number of hydrogen-bond donors (Lipinski definition) is 3. The highest BCUT2D eigenvalue weighted by molar-refractivity contribution is 6.59. The second kappa shape index (κ2) is 4.25. The van der Waals surface area contributed by atoms with E-state index in [0.29, 0.717) is 0 Å². The van der Waals surface area contributed by atoms with Crippen molar-refractivity contribution in [3.63, 3.8) is 0 Å². The van der Waals surface area contributed by atoms with Gasteiger partial charge in [0.1, 0.15) is 5.75 Å². The average molecular weight is 272 g/mol. The summed E-state index contributed by atoms with van der Waals surface area (Å²) in [5.74, 6) is 2.56. The number of aromatic hydroxyl groups is 1. The summed E-state index contributed by atoms with van der Waals surface area (Å²) < 4.78 is 0. The Morgan fingerprint density at radius 3 is 2.00 bits per heavy atom. The quantitative estimate of drug-likeness (QED) is 0.716. The molecule has 4 heteroatoms. The van der Waals surface area contributed by atoms with E-state index >= 15 is 0 Å². The van der Waals surface area contributed by atoms with Crippen LogP contribution in [-0.4, -0.2) is 22.3 Å². The van der Waals surface area contributed by atoms with Crippen molar-refractivity contribution in [2.24, 2.45) is 17.8 Å². The van der Waals surface area contributed by atoms with Crippen LogP contribution in [0.4, 0.5) is 0 Å². The minimum Gasteiger partial charge on any atom is -0.508 e. The highest BCUT2D eigenvalue weighted by atomic mass is 16.4. The van der Waals surface area contributed by atoms with E-state index in [2.05, 4.69) is 0 Å². The zero-order valence-electron chi connectivity index (χ0n) is 11.6. The topological polar surface area (TPSA) is 60.7 Å². The molecule has 0 amide bonds. The molecule has 3 nitrogen and oxygen atoms in total. The highest BCUT2D eigenvalue weighted by Crippen LogP contribution is 2.60. The van der Waals surface area contributed by atoms with E-state index in [4.69, 9.17) is 0 Å². The Balaban J connectivity index is 1.75. The Morgan fingerprint density at radius 2 is 1.50 bits per heavy atom. The maximum absolute atomic E-state index is 9.77. The summed E-state index contributed by atoms with van der Waals surface area (Å²) in [4.78, 5) is 0. The molecule has 0 heterocycles. The molecule has 1 aromatic rings. The van der Waals surface area contributed by atoms with Crippen LogP contribution in [-0.2, 0) is 5.41 Å². The predicted octanol–water partition coefficient (Wildman–Crippen LogP) is 1.54. The molecule has 106 valence electrons. The molecule has 0 saturated heterocycles. The summed E-state index contributed by atoms with van der Waals surface area (Å²) in [5, 5.41) is 28.6. The van der Waals surface area contributed by atoms with E-state index < -0.39 is 7.12 Å². The summed E-state index contributed by atoms with van der Waals surface area (Å²) in [6.45, 7) is 0. The van der Waals surface area contributed by atoms with Gasteiger partial charge in [-0.25, -0.2) is 0 Å². The van der Waals surface area contributed by atoms with E-state index in [1.807, 2.05) is 12.1 Å². The van der Waals surface area contributed by atoms with E-state index in [9.17, 15) is 15.2 Å². The van der Waals surface area contributed by atoms with Gasteiger partial charge in [0, 0.05) is 5.46 Å². The van der Waals surface area contributed by atoms with E-state index in [1.54, 1.807) is 6.07 Å². The zero-order chi connectivity index (χ0) is 13.9. The molecular weight excluding hydrogens is 251 g/mol. The molecule has 4 bridgehead atoms. The first kappa shape index (κ1) is 12.7. The number of phenols is 1. The van der Waals surface area contributed by atoms with Crippen LogP contribution in [0.15, 0.2) is 18.2 Å². The molecule has 4 aliphatic rings. The molecule has 4 fully saturated rings. The van der Waals surface area contributed by atoms with Crippen LogP contribution in [0.25, 0.3) is 0 Å². The van der Waals surface area contributed by atoms with Gasteiger partial charge in [0.15, 0.2) is 0 Å². The molecular formula is C16H21BO3. The first-order chi connectivity index (χ1) is 9.56. The van der Waals surface area contributed by atoms with E-state index in [-0.39, 0.29) is 16.6 Å². The Kier molecular flexibility index (Phi) is 2.70. The molecule has 0 atom stereocenters. The fourth-order valence-corrected chi connectivity index (χ4v) is 5.56. The summed E-state index contributed by atoms with van der Waals surface area (Å²) >= 11 is 0. The van der Waals surface area contributed by atoms with Crippen molar-refractivity contribution in [1.29, 1.82) is 0 Å². The number of rotatable bonds is 2. The van der Waals surface area contributed by atoms with Gasteiger partial charge in [-0.1, -0.05) is 12.1 Å². The fraction of sp³-hybridized carbons (Fsp3) is 0.625. The molecule has 4 saturated carbocycles. The lowest BCUT2D eigenvalue weighted by molar-refractivity contribution is -0.00516. The monoisotopic (exact) mass is 272 g/mol. The number of phenolic OH excluding ortho intramolecular Hbond substituents is 1. The van der Waals surface area contributed by atoms with Crippen LogP contribution in [0, 0.1) is 17.8 Å². The maximum Gasteiger partial charge on any atom is 0.492 e. The van der Waals surface area contributed by atoms with Crippen molar-refractivity contribution < 1.29 is 15.2 Å². The van der Waals surface area contributed by atoms with E-state index in [0.717, 1.165) is 17.8 Å². The predicted molar refractivity (Wildman–Crippen MR) is 77.8 cm³/mol. The summed E-state index contributed by atoms with van der Waals surface area (Å²) in [7, 11) is -1.59. The lowest BCUT2D eigenvalue weighted by Crippen LogP contribution is -2.49. The molecule has 0 aromatic heterocycles. The fourth-order valence-electron chi connectivity index (χ4n) is 5.56. The van der Waals surface area contributed by atoms with Gasteiger partial charge in [-0.3, -0.25) is 0 Å². The SMILES string of the molecule is OB(O)c1cc(C23CC4CC(CC(C4)C2)C3)ccc1O. The molecule has 0 spiro atoms. The normalized spacial score (nSPS) is 38.2. The lowest BCUT2D eigenvalue weighted by Gasteiger charge is -2.57. The number of hydrogen-bond acceptors (Lipinski definition) is 3. The van der Waals surface area contributed by atoms with Crippen LogP contribution in [0.3, 0.4) is 0 Å². The Bertz CT molecular complexity index is 505. The van der Waals surface area contributed by atoms with Crippen LogP contribution in [0.5, 0.6) is 5.75 Å². The van der Waals surface area contributed by atoms with Crippen LogP contribution >= 0.6 is 0 Å². The van der Waals surface area contributed by atoms with Gasteiger partial charge >= 0.3 is 7.12 Å². The molecule has 1 aromatic carbocycles. The third kappa shape index (κ3) is 1.81. The summed E-state index contributed by atoms with van der Waals surface area (Å²) in [5.41, 5.74) is 1.68. The van der Waals surface area contributed by atoms with Crippen molar-refractivity contribution in [1.82, 2.24) is 0 Å². The molecule has 0 aliphatic heterocycles. The van der Waals surface area contributed by atoms with Gasteiger partial charge in [-0.2, -0.15) is 0 Å². The van der Waals surface area contributed by atoms with Gasteiger partial charge < -0.3 is 15.2 Å². The van der Waals surface area contributed by atoms with Crippen molar-refractivity contribution in [3.8, 4) is 5.75 Å². The Hall–Kier alpha value is -0.995. The summed E-state index contributed by atoms with van der Waals surface area (Å²) in [6.07, 6.45) is 7.91. The zero-order valence-corrected chi connectivity index (χ0v) is 11.6. The molecule has 5 rings (SSSR count). The van der Waals surface area contributed by atoms with Gasteiger partial charge in [0.05, 0.1) is 0 Å². The van der Waals surface area contributed by atoms with Gasteiger partial charge in [0.2, 0.25) is 0 Å². The molecule has 3 N–H and O–H groups in total. The van der Waals surface area contributed by atoms with Crippen LogP contribution in [0.1, 0.15) is 44.1 Å². The maximum atomic E-state index is 9.77. The number of benzene rings is 1. The second-order valence-electron chi connectivity index (χ2n) is 7.35. The van der Waals surface area contributed by atoms with Crippen LogP contribution < -0.4 is 5.46 Å². The smallest absolute Gasteiger partial charge is 0.492 e.